The van der Waals surface area contributed by atoms with Crippen LogP contribution in [-0.4, -0.2) is 53.9 Å². The molecule has 5 heteroatoms. The molecule has 0 unspecified atom stereocenters. The number of aliphatic hydroxyl groups excluding tert-OH is 2. The van der Waals surface area contributed by atoms with Crippen LogP contribution in [0.1, 0.15) is 0 Å². The van der Waals surface area contributed by atoms with Gasteiger partial charge in [-0.1, -0.05) is 0 Å². The van der Waals surface area contributed by atoms with Gasteiger partial charge in [-0.15, -0.1) is 0 Å². The molecular formula is C7H14O4S. The van der Waals surface area contributed by atoms with Crippen molar-refractivity contribution >= 4 is 11.8 Å². The predicted octanol–water partition coefficient (Wildman–Crippen LogP) is -0.557. The molecule has 12 heavy (non-hydrogen) atoms. The van der Waals surface area contributed by atoms with Crippen molar-refractivity contribution in [1.82, 2.24) is 0 Å². The lowest BCUT2D eigenvalue weighted by atomic mass is 10.2. The highest BCUT2D eigenvalue weighted by atomic mass is 32.2. The zero-order valence-corrected chi connectivity index (χ0v) is 7.95. The Morgan fingerprint density at radius 3 is 2.50 bits per heavy atom. The maximum Gasteiger partial charge on any atom is 0.186 e. The molecule has 0 saturated carbocycles. The van der Waals surface area contributed by atoms with Crippen LogP contribution in [0.15, 0.2) is 0 Å². The summed E-state index contributed by atoms with van der Waals surface area (Å²) in [6.07, 6.45) is -0.838. The monoisotopic (exact) mass is 194 g/mol. The maximum absolute atomic E-state index is 9.42. The average molecular weight is 194 g/mol. The molecule has 1 saturated heterocycles. The number of methoxy groups -OCH3 is 1. The Kier molecular flexibility index (Phi) is 3.79. The quantitative estimate of drug-likeness (QED) is 0.631. The van der Waals surface area contributed by atoms with Crippen molar-refractivity contribution in [1.29, 1.82) is 0 Å². The summed E-state index contributed by atoms with van der Waals surface area (Å²) in [6.45, 7) is 0. The molecule has 4 atom stereocenters. The van der Waals surface area contributed by atoms with Gasteiger partial charge in [-0.25, -0.2) is 0 Å². The fourth-order valence-corrected chi connectivity index (χ4v) is 1.82. The molecule has 1 rings (SSSR count). The molecule has 4 nitrogen and oxygen atoms in total. The van der Waals surface area contributed by atoms with Crippen molar-refractivity contribution in [3.05, 3.63) is 0 Å². The second-order valence-electron chi connectivity index (χ2n) is 2.72. The largest absolute Gasteiger partial charge is 0.387 e. The molecule has 1 heterocycles. The molecule has 1 aliphatic rings. The van der Waals surface area contributed by atoms with Crippen LogP contribution in [0.25, 0.3) is 0 Å². The molecule has 2 N–H and O–H groups in total. The first-order valence-electron chi connectivity index (χ1n) is 3.74. The van der Waals surface area contributed by atoms with Gasteiger partial charge in [0.2, 0.25) is 0 Å². The standard InChI is InChI=1S/C7H14O4S/c1-10-7-6(9)5(8)4(11-7)3-12-2/h4-9H,3H2,1-2H3/t4-,5+,6-,7-/m1/s1. The van der Waals surface area contributed by atoms with E-state index in [0.29, 0.717) is 5.75 Å². The smallest absolute Gasteiger partial charge is 0.186 e. The van der Waals surface area contributed by atoms with Gasteiger partial charge in [-0.2, -0.15) is 11.8 Å². The van der Waals surface area contributed by atoms with Crippen LogP contribution >= 0.6 is 11.8 Å². The summed E-state index contributed by atoms with van der Waals surface area (Å²) in [6, 6.07) is 0. The van der Waals surface area contributed by atoms with Crippen molar-refractivity contribution in [2.45, 2.75) is 24.6 Å². The van der Waals surface area contributed by atoms with Crippen LogP contribution in [0.2, 0.25) is 0 Å². The fourth-order valence-electron chi connectivity index (χ4n) is 1.21. The Labute approximate surface area is 75.9 Å². The lowest BCUT2D eigenvalue weighted by Gasteiger charge is -2.11. The van der Waals surface area contributed by atoms with E-state index in [0.717, 1.165) is 0 Å². The minimum atomic E-state index is -0.924. The van der Waals surface area contributed by atoms with Crippen molar-refractivity contribution < 1.29 is 19.7 Å². The van der Waals surface area contributed by atoms with E-state index in [-0.39, 0.29) is 6.10 Å². The van der Waals surface area contributed by atoms with E-state index in [1.165, 1.54) is 7.11 Å². The van der Waals surface area contributed by atoms with Gasteiger partial charge in [0, 0.05) is 12.9 Å². The summed E-state index contributed by atoms with van der Waals surface area (Å²) >= 11 is 1.57. The Morgan fingerprint density at radius 1 is 1.42 bits per heavy atom. The summed E-state index contributed by atoms with van der Waals surface area (Å²) in [5, 5.41) is 18.8. The summed E-state index contributed by atoms with van der Waals surface area (Å²) < 4.78 is 10.1. The molecule has 1 fully saturated rings. The summed E-state index contributed by atoms with van der Waals surface area (Å²) in [7, 11) is 1.45. The van der Waals surface area contributed by atoms with E-state index >= 15 is 0 Å². The van der Waals surface area contributed by atoms with Gasteiger partial charge in [0.15, 0.2) is 6.29 Å². The van der Waals surface area contributed by atoms with E-state index in [2.05, 4.69) is 0 Å². The molecule has 0 aromatic carbocycles. The van der Waals surface area contributed by atoms with Gasteiger partial charge in [-0.3, -0.25) is 0 Å². The number of hydrogen-bond donors (Lipinski definition) is 2. The lowest BCUT2D eigenvalue weighted by Crippen LogP contribution is -2.33. The Balaban J connectivity index is 2.48. The van der Waals surface area contributed by atoms with Crippen LogP contribution in [-0.2, 0) is 9.47 Å². The number of ether oxygens (including phenoxy) is 2. The van der Waals surface area contributed by atoms with Crippen molar-refractivity contribution in [3.8, 4) is 0 Å². The van der Waals surface area contributed by atoms with Crippen LogP contribution in [0.5, 0.6) is 0 Å². The number of rotatable bonds is 3. The minimum absolute atomic E-state index is 0.319. The van der Waals surface area contributed by atoms with Crippen molar-refractivity contribution in [2.75, 3.05) is 19.1 Å². The number of hydrogen-bond acceptors (Lipinski definition) is 5. The number of aliphatic hydroxyl groups is 2. The molecule has 0 aromatic heterocycles. The minimum Gasteiger partial charge on any atom is -0.387 e. The maximum atomic E-state index is 9.42. The zero-order valence-electron chi connectivity index (χ0n) is 7.14. The van der Waals surface area contributed by atoms with Gasteiger partial charge < -0.3 is 19.7 Å². The summed E-state index contributed by atoms with van der Waals surface area (Å²) in [5.41, 5.74) is 0. The molecule has 72 valence electrons. The first-order chi connectivity index (χ1) is 5.70. The first-order valence-corrected chi connectivity index (χ1v) is 5.13. The molecule has 0 aromatic rings. The predicted molar refractivity (Wildman–Crippen MR) is 46.1 cm³/mol. The Morgan fingerprint density at radius 2 is 2.08 bits per heavy atom. The molecular weight excluding hydrogens is 180 g/mol. The van der Waals surface area contributed by atoms with E-state index in [1.807, 2.05) is 6.26 Å². The van der Waals surface area contributed by atoms with Gasteiger partial charge in [0.05, 0.1) is 6.10 Å². The second kappa shape index (κ2) is 4.43. The highest BCUT2D eigenvalue weighted by molar-refractivity contribution is 7.98. The van der Waals surface area contributed by atoms with Crippen molar-refractivity contribution in [2.24, 2.45) is 0 Å². The summed E-state index contributed by atoms with van der Waals surface area (Å²) in [5.74, 6) is 0.665. The molecule has 0 amide bonds. The first kappa shape index (κ1) is 10.3. The van der Waals surface area contributed by atoms with Crippen LogP contribution in [0.4, 0.5) is 0 Å². The third-order valence-electron chi connectivity index (χ3n) is 1.88. The zero-order chi connectivity index (χ0) is 9.14. The fraction of sp³-hybridized carbons (Fsp3) is 1.00. The highest BCUT2D eigenvalue weighted by Gasteiger charge is 2.42. The van der Waals surface area contributed by atoms with E-state index in [9.17, 15) is 10.2 Å². The molecule has 0 bridgehead atoms. The normalized spacial score (nSPS) is 42.0. The summed E-state index contributed by atoms with van der Waals surface area (Å²) in [4.78, 5) is 0. The average Bonchev–Trinajstić information content (AvgIpc) is 2.33. The second-order valence-corrected chi connectivity index (χ2v) is 3.63. The third kappa shape index (κ3) is 1.92. The molecule has 1 aliphatic heterocycles. The van der Waals surface area contributed by atoms with Crippen molar-refractivity contribution in [3.63, 3.8) is 0 Å². The topological polar surface area (TPSA) is 58.9 Å². The molecule has 0 spiro atoms. The Hall–Kier alpha value is 0.190. The van der Waals surface area contributed by atoms with Gasteiger partial charge in [0.1, 0.15) is 12.2 Å². The highest BCUT2D eigenvalue weighted by Crippen LogP contribution is 2.23. The van der Waals surface area contributed by atoms with Crippen LogP contribution in [0, 0.1) is 0 Å². The van der Waals surface area contributed by atoms with Gasteiger partial charge >= 0.3 is 0 Å². The lowest BCUT2D eigenvalue weighted by molar-refractivity contribution is -0.145. The molecule has 0 aliphatic carbocycles. The Bertz CT molecular complexity index is 143. The van der Waals surface area contributed by atoms with E-state index < -0.39 is 18.5 Å². The van der Waals surface area contributed by atoms with E-state index in [4.69, 9.17) is 9.47 Å². The third-order valence-corrected chi connectivity index (χ3v) is 2.54. The van der Waals surface area contributed by atoms with Crippen LogP contribution < -0.4 is 0 Å². The SMILES string of the molecule is CO[C@@H]1O[C@H](CSC)[C@H](O)[C@H]1O. The van der Waals surface area contributed by atoms with Gasteiger partial charge in [-0.05, 0) is 6.26 Å². The van der Waals surface area contributed by atoms with E-state index in [1.54, 1.807) is 11.8 Å². The molecule has 0 radical (unpaired) electrons. The number of thioether (sulfide) groups is 1. The van der Waals surface area contributed by atoms with Gasteiger partial charge in [0.25, 0.3) is 0 Å². The van der Waals surface area contributed by atoms with Crippen LogP contribution in [0.3, 0.4) is 0 Å².